The molecule has 6 nitrogen and oxygen atoms in total. The summed E-state index contributed by atoms with van der Waals surface area (Å²) in [7, 11) is 0. The molecule has 4 heterocycles. The van der Waals surface area contributed by atoms with Gasteiger partial charge in [-0.15, -0.1) is 0 Å². The molecule has 0 aromatic carbocycles. The minimum atomic E-state index is 0.754. The molecule has 1 fully saturated rings. The maximum atomic E-state index is 4.78. The van der Waals surface area contributed by atoms with E-state index in [1.54, 1.807) is 0 Å². The summed E-state index contributed by atoms with van der Waals surface area (Å²) < 4.78 is 4.44. The SMILES string of the molecule is CCCCN1CCC(Cn2ccnc2-c2cc3n(n2)CCNC3)CC1. The second-order valence-electron chi connectivity index (χ2n) is 7.46. The van der Waals surface area contributed by atoms with Crippen molar-refractivity contribution in [1.29, 1.82) is 0 Å². The van der Waals surface area contributed by atoms with Gasteiger partial charge in [0.2, 0.25) is 0 Å². The van der Waals surface area contributed by atoms with E-state index < -0.39 is 0 Å². The first-order valence-corrected chi connectivity index (χ1v) is 9.85. The van der Waals surface area contributed by atoms with Gasteiger partial charge in [0.15, 0.2) is 5.82 Å². The van der Waals surface area contributed by atoms with Crippen LogP contribution in [0.3, 0.4) is 0 Å². The van der Waals surface area contributed by atoms with Crippen molar-refractivity contribution < 1.29 is 0 Å². The number of nitrogens with zero attached hydrogens (tertiary/aromatic N) is 5. The fraction of sp³-hybridized carbons (Fsp3) is 0.684. The molecular formula is C19H30N6. The molecular weight excluding hydrogens is 312 g/mol. The van der Waals surface area contributed by atoms with Crippen LogP contribution in [0.4, 0.5) is 0 Å². The van der Waals surface area contributed by atoms with Crippen LogP contribution in [-0.2, 0) is 19.6 Å². The summed E-state index contributed by atoms with van der Waals surface area (Å²) in [6.07, 6.45) is 9.26. The molecule has 0 radical (unpaired) electrons. The highest BCUT2D eigenvalue weighted by Crippen LogP contribution is 2.24. The van der Waals surface area contributed by atoms with E-state index >= 15 is 0 Å². The maximum Gasteiger partial charge on any atom is 0.160 e. The molecule has 4 rings (SSSR count). The van der Waals surface area contributed by atoms with Crippen LogP contribution in [0.25, 0.3) is 11.5 Å². The minimum Gasteiger partial charge on any atom is -0.329 e. The Hall–Kier alpha value is -1.66. The van der Waals surface area contributed by atoms with Gasteiger partial charge in [-0.2, -0.15) is 5.10 Å². The number of aromatic nitrogens is 4. The highest BCUT2D eigenvalue weighted by Gasteiger charge is 2.21. The van der Waals surface area contributed by atoms with E-state index in [2.05, 4.69) is 43.6 Å². The van der Waals surface area contributed by atoms with Gasteiger partial charge in [-0.3, -0.25) is 4.68 Å². The predicted octanol–water partition coefficient (Wildman–Crippen LogP) is 2.36. The summed E-state index contributed by atoms with van der Waals surface area (Å²) in [5.41, 5.74) is 2.28. The van der Waals surface area contributed by atoms with E-state index in [9.17, 15) is 0 Å². The van der Waals surface area contributed by atoms with E-state index in [1.165, 1.54) is 51.0 Å². The van der Waals surface area contributed by atoms with Crippen LogP contribution >= 0.6 is 0 Å². The summed E-state index contributed by atoms with van der Waals surface area (Å²) >= 11 is 0. The van der Waals surface area contributed by atoms with Gasteiger partial charge in [0.25, 0.3) is 0 Å². The molecule has 2 aliphatic rings. The van der Waals surface area contributed by atoms with Crippen molar-refractivity contribution in [2.45, 2.75) is 52.2 Å². The quantitative estimate of drug-likeness (QED) is 0.876. The molecule has 1 N–H and O–H groups in total. The normalized spacial score (nSPS) is 19.2. The van der Waals surface area contributed by atoms with Crippen LogP contribution in [0.2, 0.25) is 0 Å². The summed E-state index contributed by atoms with van der Waals surface area (Å²) in [5, 5.41) is 8.18. The molecule has 0 unspecified atom stereocenters. The molecule has 1 saturated heterocycles. The van der Waals surface area contributed by atoms with Crippen molar-refractivity contribution in [3.63, 3.8) is 0 Å². The summed E-state index contributed by atoms with van der Waals surface area (Å²) in [5.74, 6) is 1.78. The van der Waals surface area contributed by atoms with Gasteiger partial charge in [-0.1, -0.05) is 13.3 Å². The smallest absolute Gasteiger partial charge is 0.160 e. The average Bonchev–Trinajstić information content (AvgIpc) is 3.27. The summed E-state index contributed by atoms with van der Waals surface area (Å²) in [4.78, 5) is 7.24. The molecule has 0 saturated carbocycles. The molecule has 2 aromatic heterocycles. The molecule has 0 aliphatic carbocycles. The Kier molecular flexibility index (Phi) is 5.17. The number of hydrogen-bond acceptors (Lipinski definition) is 4. The van der Waals surface area contributed by atoms with Crippen LogP contribution in [0.1, 0.15) is 38.3 Å². The first kappa shape index (κ1) is 16.8. The third-order valence-electron chi connectivity index (χ3n) is 5.60. The fourth-order valence-electron chi connectivity index (χ4n) is 4.04. The zero-order valence-electron chi connectivity index (χ0n) is 15.3. The molecule has 0 spiro atoms. The Bertz CT molecular complexity index is 656. The Balaban J connectivity index is 1.40. The van der Waals surface area contributed by atoms with Crippen LogP contribution in [-0.4, -0.2) is 50.4 Å². The van der Waals surface area contributed by atoms with Gasteiger partial charge in [0, 0.05) is 32.0 Å². The molecule has 0 bridgehead atoms. The third-order valence-corrected chi connectivity index (χ3v) is 5.60. The van der Waals surface area contributed by atoms with E-state index in [0.29, 0.717) is 0 Å². The van der Waals surface area contributed by atoms with Gasteiger partial charge in [0.1, 0.15) is 5.69 Å². The zero-order valence-corrected chi connectivity index (χ0v) is 15.3. The minimum absolute atomic E-state index is 0.754. The maximum absolute atomic E-state index is 4.78. The van der Waals surface area contributed by atoms with Gasteiger partial charge in [-0.25, -0.2) is 4.98 Å². The number of imidazole rings is 1. The Morgan fingerprint density at radius 2 is 2.12 bits per heavy atom. The molecule has 6 heteroatoms. The van der Waals surface area contributed by atoms with Crippen LogP contribution in [0.15, 0.2) is 18.5 Å². The number of unbranched alkanes of at least 4 members (excludes halogenated alkanes) is 1. The van der Waals surface area contributed by atoms with E-state index in [1.807, 2.05) is 6.20 Å². The average molecular weight is 342 g/mol. The molecule has 2 aliphatic heterocycles. The second kappa shape index (κ2) is 7.70. The molecule has 25 heavy (non-hydrogen) atoms. The standard InChI is InChI=1S/C19H30N6/c1-2-3-8-23-9-4-16(5-10-23)15-24-11-7-21-19(24)18-13-17-14-20-6-12-25(17)22-18/h7,11,13,16,20H,2-6,8-10,12,14-15H2,1H3. The lowest BCUT2D eigenvalue weighted by Gasteiger charge is -2.32. The fourth-order valence-corrected chi connectivity index (χ4v) is 4.04. The topological polar surface area (TPSA) is 50.9 Å². The third kappa shape index (κ3) is 3.80. The highest BCUT2D eigenvalue weighted by molar-refractivity contribution is 5.50. The molecule has 2 aromatic rings. The van der Waals surface area contributed by atoms with Crippen LogP contribution < -0.4 is 5.32 Å². The van der Waals surface area contributed by atoms with Gasteiger partial charge in [-0.05, 0) is 50.9 Å². The van der Waals surface area contributed by atoms with Crippen molar-refractivity contribution in [3.8, 4) is 11.5 Å². The number of hydrogen-bond donors (Lipinski definition) is 1. The molecule has 136 valence electrons. The van der Waals surface area contributed by atoms with Crippen molar-refractivity contribution in [3.05, 3.63) is 24.2 Å². The van der Waals surface area contributed by atoms with Crippen LogP contribution in [0.5, 0.6) is 0 Å². The number of likely N-dealkylation sites (tertiary alicyclic amines) is 1. The highest BCUT2D eigenvalue weighted by atomic mass is 15.3. The first-order chi connectivity index (χ1) is 12.3. The number of rotatable bonds is 6. The lowest BCUT2D eigenvalue weighted by atomic mass is 9.96. The lowest BCUT2D eigenvalue weighted by molar-refractivity contribution is 0.172. The van der Waals surface area contributed by atoms with Crippen molar-refractivity contribution in [1.82, 2.24) is 29.5 Å². The zero-order chi connectivity index (χ0) is 17.1. The van der Waals surface area contributed by atoms with Crippen molar-refractivity contribution in [2.24, 2.45) is 5.92 Å². The number of piperidine rings is 1. The number of nitrogens with one attached hydrogen (secondary N) is 1. The van der Waals surface area contributed by atoms with Crippen molar-refractivity contribution in [2.75, 3.05) is 26.2 Å². The largest absolute Gasteiger partial charge is 0.329 e. The Morgan fingerprint density at radius 3 is 2.92 bits per heavy atom. The molecule has 0 atom stereocenters. The molecule has 0 amide bonds. The van der Waals surface area contributed by atoms with E-state index in [4.69, 9.17) is 5.10 Å². The summed E-state index contributed by atoms with van der Waals surface area (Å²) in [6.45, 7) is 9.97. The van der Waals surface area contributed by atoms with E-state index in [0.717, 1.165) is 43.6 Å². The predicted molar refractivity (Wildman–Crippen MR) is 99.2 cm³/mol. The summed E-state index contributed by atoms with van der Waals surface area (Å²) in [6, 6.07) is 2.19. The van der Waals surface area contributed by atoms with Gasteiger partial charge in [0.05, 0.1) is 12.2 Å². The van der Waals surface area contributed by atoms with Crippen molar-refractivity contribution >= 4 is 0 Å². The number of fused-ring (bicyclic) bond motifs is 1. The second-order valence-corrected chi connectivity index (χ2v) is 7.46. The van der Waals surface area contributed by atoms with Gasteiger partial charge < -0.3 is 14.8 Å². The Morgan fingerprint density at radius 1 is 1.24 bits per heavy atom. The lowest BCUT2D eigenvalue weighted by Crippen LogP contribution is -2.35. The monoisotopic (exact) mass is 342 g/mol. The first-order valence-electron chi connectivity index (χ1n) is 9.85. The Labute approximate surface area is 150 Å². The van der Waals surface area contributed by atoms with E-state index in [-0.39, 0.29) is 0 Å². The van der Waals surface area contributed by atoms with Gasteiger partial charge >= 0.3 is 0 Å². The van der Waals surface area contributed by atoms with Crippen LogP contribution in [0, 0.1) is 5.92 Å².